The van der Waals surface area contributed by atoms with Gasteiger partial charge in [0.15, 0.2) is 0 Å². The Morgan fingerprint density at radius 2 is 2.06 bits per heavy atom. The van der Waals surface area contributed by atoms with Crippen molar-refractivity contribution >= 4 is 11.6 Å². The molecule has 1 aromatic carbocycles. The van der Waals surface area contributed by atoms with Crippen molar-refractivity contribution in [3.8, 4) is 0 Å². The van der Waals surface area contributed by atoms with E-state index in [1.54, 1.807) is 0 Å². The summed E-state index contributed by atoms with van der Waals surface area (Å²) in [4.78, 5) is 0. The highest BCUT2D eigenvalue weighted by Crippen LogP contribution is 2.22. The summed E-state index contributed by atoms with van der Waals surface area (Å²) in [6, 6.07) is 7.59. The van der Waals surface area contributed by atoms with Crippen LogP contribution in [0.25, 0.3) is 0 Å². The van der Waals surface area contributed by atoms with Crippen molar-refractivity contribution in [3.05, 3.63) is 34.9 Å². The van der Waals surface area contributed by atoms with Gasteiger partial charge < -0.3 is 10.1 Å². The first-order valence-electron chi connectivity index (χ1n) is 5.92. The van der Waals surface area contributed by atoms with E-state index in [4.69, 9.17) is 16.3 Å². The van der Waals surface area contributed by atoms with Gasteiger partial charge in [0.05, 0.1) is 6.61 Å². The van der Waals surface area contributed by atoms with Crippen LogP contribution in [0.2, 0.25) is 5.02 Å². The Balaban J connectivity index is 1.85. The first-order valence-corrected chi connectivity index (χ1v) is 6.30. The van der Waals surface area contributed by atoms with E-state index in [-0.39, 0.29) is 12.6 Å². The van der Waals surface area contributed by atoms with E-state index in [0.717, 1.165) is 18.9 Å². The lowest BCUT2D eigenvalue weighted by Crippen LogP contribution is -2.52. The summed E-state index contributed by atoms with van der Waals surface area (Å²) >= 11 is 5.80. The largest absolute Gasteiger partial charge is 0.369 e. The number of hydrogen-bond donors (Lipinski definition) is 1. The molecule has 1 heterocycles. The molecule has 2 rings (SSSR count). The summed E-state index contributed by atoms with van der Waals surface area (Å²) in [5, 5.41) is 3.79. The Morgan fingerprint density at radius 1 is 1.39 bits per heavy atom. The van der Waals surface area contributed by atoms with Crippen molar-refractivity contribution in [2.45, 2.75) is 31.4 Å². The summed E-state index contributed by atoms with van der Waals surface area (Å²) < 4.78 is 31.3. The maximum absolute atomic E-state index is 13.0. The lowest BCUT2D eigenvalue weighted by Gasteiger charge is -2.33. The van der Waals surface area contributed by atoms with Gasteiger partial charge in [-0.1, -0.05) is 23.7 Å². The van der Waals surface area contributed by atoms with E-state index < -0.39 is 12.0 Å². The predicted octanol–water partition coefficient (Wildman–Crippen LogP) is 2.89. The van der Waals surface area contributed by atoms with Gasteiger partial charge in [0, 0.05) is 24.5 Å². The van der Waals surface area contributed by atoms with Gasteiger partial charge in [0.2, 0.25) is 0 Å². The molecule has 0 aliphatic carbocycles. The van der Waals surface area contributed by atoms with E-state index in [1.165, 1.54) is 0 Å². The van der Waals surface area contributed by atoms with Crippen molar-refractivity contribution < 1.29 is 13.5 Å². The smallest absolute Gasteiger partial charge is 0.272 e. The van der Waals surface area contributed by atoms with Gasteiger partial charge in [0.25, 0.3) is 5.92 Å². The molecule has 0 spiro atoms. The number of ether oxygens (including phenoxy) is 1. The molecule has 1 aliphatic rings. The number of nitrogens with one attached hydrogen (secondary N) is 1. The third-order valence-corrected chi connectivity index (χ3v) is 3.30. The van der Waals surface area contributed by atoms with Crippen molar-refractivity contribution in [3.63, 3.8) is 0 Å². The molecule has 0 saturated carbocycles. The van der Waals surface area contributed by atoms with Crippen LogP contribution in [0, 0.1) is 0 Å². The van der Waals surface area contributed by atoms with Crippen LogP contribution < -0.4 is 5.32 Å². The van der Waals surface area contributed by atoms with Crippen molar-refractivity contribution in [1.29, 1.82) is 0 Å². The molecular formula is C13H16ClF2NO. The molecule has 1 N–H and O–H groups in total. The van der Waals surface area contributed by atoms with Crippen LogP contribution in [-0.2, 0) is 11.2 Å². The quantitative estimate of drug-likeness (QED) is 0.916. The monoisotopic (exact) mass is 275 g/mol. The topological polar surface area (TPSA) is 21.3 Å². The third-order valence-electron chi connectivity index (χ3n) is 3.05. The summed E-state index contributed by atoms with van der Waals surface area (Å²) in [5.74, 6) is -2.79. The lowest BCUT2D eigenvalue weighted by atomic mass is 10.0. The van der Waals surface area contributed by atoms with E-state index >= 15 is 0 Å². The highest BCUT2D eigenvalue weighted by Gasteiger charge is 2.37. The number of rotatable bonds is 3. The normalized spacial score (nSPS) is 25.1. The molecule has 1 unspecified atom stereocenters. The van der Waals surface area contributed by atoms with Gasteiger partial charge in [0.1, 0.15) is 6.10 Å². The Bertz CT molecular complexity index is 383. The Hall–Kier alpha value is -0.710. The van der Waals surface area contributed by atoms with Crippen molar-refractivity contribution in [1.82, 2.24) is 5.32 Å². The van der Waals surface area contributed by atoms with Gasteiger partial charge in [-0.05, 0) is 24.1 Å². The minimum atomic E-state index is -2.79. The number of hydrogen-bond acceptors (Lipinski definition) is 2. The first kappa shape index (κ1) is 13.7. The summed E-state index contributed by atoms with van der Waals surface area (Å²) in [7, 11) is 0. The standard InChI is InChI=1S/C13H16ClF2NO/c1-13(15,16)12-7-17-11(8-18-12)6-9-2-4-10(14)5-3-9/h2-5,11-12,17H,6-8H2,1H3/t11-,12?/m0/s1. The van der Waals surface area contributed by atoms with Gasteiger partial charge in [-0.2, -0.15) is 0 Å². The molecule has 5 heteroatoms. The van der Waals surface area contributed by atoms with Crippen LogP contribution in [0.3, 0.4) is 0 Å². The summed E-state index contributed by atoms with van der Waals surface area (Å²) in [6.45, 7) is 1.37. The molecule has 0 amide bonds. The predicted molar refractivity (Wildman–Crippen MR) is 67.3 cm³/mol. The molecule has 100 valence electrons. The molecule has 2 atom stereocenters. The highest BCUT2D eigenvalue weighted by molar-refractivity contribution is 6.30. The molecule has 18 heavy (non-hydrogen) atoms. The van der Waals surface area contributed by atoms with Crippen LogP contribution in [0.4, 0.5) is 8.78 Å². The summed E-state index contributed by atoms with van der Waals surface area (Å²) in [5.41, 5.74) is 1.11. The Kier molecular flexibility index (Phi) is 4.20. The molecule has 0 bridgehead atoms. The van der Waals surface area contributed by atoms with Crippen LogP contribution in [0.1, 0.15) is 12.5 Å². The molecule has 0 radical (unpaired) electrons. The fourth-order valence-corrected chi connectivity index (χ4v) is 2.11. The van der Waals surface area contributed by atoms with Crippen LogP contribution >= 0.6 is 11.6 Å². The summed E-state index contributed by atoms with van der Waals surface area (Å²) in [6.07, 6.45) is -0.280. The molecule has 2 nitrogen and oxygen atoms in total. The zero-order chi connectivity index (χ0) is 13.2. The van der Waals surface area contributed by atoms with E-state index in [9.17, 15) is 8.78 Å². The molecule has 1 aromatic rings. The maximum Gasteiger partial charge on any atom is 0.272 e. The second-order valence-corrected chi connectivity index (χ2v) is 5.15. The molecule has 1 aliphatic heterocycles. The second-order valence-electron chi connectivity index (χ2n) is 4.71. The Morgan fingerprint density at radius 3 is 2.56 bits per heavy atom. The average molecular weight is 276 g/mol. The van der Waals surface area contributed by atoms with Crippen LogP contribution in [0.15, 0.2) is 24.3 Å². The van der Waals surface area contributed by atoms with E-state index in [2.05, 4.69) is 5.32 Å². The maximum atomic E-state index is 13.0. The Labute approximate surface area is 110 Å². The average Bonchev–Trinajstić information content (AvgIpc) is 2.32. The van der Waals surface area contributed by atoms with E-state index in [1.807, 2.05) is 24.3 Å². The number of morpholine rings is 1. The zero-order valence-electron chi connectivity index (χ0n) is 10.1. The fraction of sp³-hybridized carbons (Fsp3) is 0.538. The minimum absolute atomic E-state index is 0.0739. The lowest BCUT2D eigenvalue weighted by molar-refractivity contribution is -0.142. The van der Waals surface area contributed by atoms with Gasteiger partial charge in [-0.25, -0.2) is 8.78 Å². The molecule has 0 aromatic heterocycles. The number of halogens is 3. The molecule has 1 fully saturated rings. The van der Waals surface area contributed by atoms with Crippen LogP contribution in [-0.4, -0.2) is 31.2 Å². The van der Waals surface area contributed by atoms with Gasteiger partial charge in [-0.15, -0.1) is 0 Å². The first-order chi connectivity index (χ1) is 8.45. The minimum Gasteiger partial charge on any atom is -0.369 e. The van der Waals surface area contributed by atoms with Crippen molar-refractivity contribution in [2.24, 2.45) is 0 Å². The molecule has 1 saturated heterocycles. The SMILES string of the molecule is CC(F)(F)C1CN[C@@H](Cc2ccc(Cl)cc2)CO1. The zero-order valence-corrected chi connectivity index (χ0v) is 10.9. The van der Waals surface area contributed by atoms with E-state index in [0.29, 0.717) is 11.6 Å². The second kappa shape index (κ2) is 5.51. The number of alkyl halides is 2. The molecular weight excluding hydrogens is 260 g/mol. The van der Waals surface area contributed by atoms with Gasteiger partial charge in [-0.3, -0.25) is 0 Å². The fourth-order valence-electron chi connectivity index (χ4n) is 1.99. The van der Waals surface area contributed by atoms with Crippen LogP contribution in [0.5, 0.6) is 0 Å². The van der Waals surface area contributed by atoms with Gasteiger partial charge >= 0.3 is 0 Å². The van der Waals surface area contributed by atoms with Crippen molar-refractivity contribution in [2.75, 3.05) is 13.2 Å². The third kappa shape index (κ3) is 3.64. The number of benzene rings is 1. The highest BCUT2D eigenvalue weighted by atomic mass is 35.5.